The molecule has 1 aromatic carbocycles. The van der Waals surface area contributed by atoms with Crippen LogP contribution < -0.4 is 15.4 Å². The third-order valence-corrected chi connectivity index (χ3v) is 6.90. The van der Waals surface area contributed by atoms with Crippen LogP contribution in [0.5, 0.6) is 5.75 Å². The lowest BCUT2D eigenvalue weighted by Crippen LogP contribution is -2.57. The van der Waals surface area contributed by atoms with Crippen molar-refractivity contribution in [3.63, 3.8) is 0 Å². The van der Waals surface area contributed by atoms with E-state index < -0.39 is 20.5 Å². The summed E-state index contributed by atoms with van der Waals surface area (Å²) >= 11 is 0. The van der Waals surface area contributed by atoms with Crippen molar-refractivity contribution < 1.29 is 22.7 Å². The predicted molar refractivity (Wildman–Crippen MR) is 112 cm³/mol. The number of carbonyl (C=O) groups excluding carboxylic acids is 1. The number of halogens is 1. The van der Waals surface area contributed by atoms with Gasteiger partial charge in [0.25, 0.3) is 0 Å². The lowest BCUT2D eigenvalue weighted by Gasteiger charge is -2.34. The molecular formula is C19H31ClN2O5S. The summed E-state index contributed by atoms with van der Waals surface area (Å²) in [6, 6.07) is 5.74. The highest BCUT2D eigenvalue weighted by molar-refractivity contribution is 7.92. The van der Waals surface area contributed by atoms with E-state index in [1.807, 2.05) is 32.0 Å². The Kier molecular flexibility index (Phi) is 9.69. The Morgan fingerprint density at radius 1 is 1.25 bits per heavy atom. The van der Waals surface area contributed by atoms with E-state index in [0.29, 0.717) is 38.7 Å². The first-order valence-electron chi connectivity index (χ1n) is 9.29. The van der Waals surface area contributed by atoms with Crippen LogP contribution in [-0.2, 0) is 25.9 Å². The fourth-order valence-electron chi connectivity index (χ4n) is 3.23. The molecule has 0 atom stereocenters. The minimum absolute atomic E-state index is 0. The van der Waals surface area contributed by atoms with Gasteiger partial charge in [-0.25, -0.2) is 8.42 Å². The van der Waals surface area contributed by atoms with Crippen LogP contribution in [0.4, 0.5) is 0 Å². The maximum atomic E-state index is 12.8. The van der Waals surface area contributed by atoms with Gasteiger partial charge in [0, 0.05) is 25.0 Å². The SMILES string of the molecule is CCOCCOc1cc(C)ccc1CNC(=O)C1(S(C)(=O)=O)CCNCC1.Cl. The summed E-state index contributed by atoms with van der Waals surface area (Å²) in [4.78, 5) is 12.8. The van der Waals surface area contributed by atoms with Crippen LogP contribution in [0.2, 0.25) is 0 Å². The van der Waals surface area contributed by atoms with Gasteiger partial charge in [-0.3, -0.25) is 4.79 Å². The molecule has 160 valence electrons. The summed E-state index contributed by atoms with van der Waals surface area (Å²) in [5.74, 6) is 0.237. The average Bonchev–Trinajstić information content (AvgIpc) is 2.64. The number of piperidine rings is 1. The molecule has 1 heterocycles. The van der Waals surface area contributed by atoms with Gasteiger partial charge in [-0.1, -0.05) is 12.1 Å². The van der Waals surface area contributed by atoms with Crippen LogP contribution in [0.25, 0.3) is 0 Å². The largest absolute Gasteiger partial charge is 0.491 e. The molecule has 0 saturated carbocycles. The topological polar surface area (TPSA) is 93.7 Å². The summed E-state index contributed by atoms with van der Waals surface area (Å²) in [5.41, 5.74) is 1.85. The maximum Gasteiger partial charge on any atom is 0.241 e. The van der Waals surface area contributed by atoms with Crippen molar-refractivity contribution in [3.8, 4) is 5.75 Å². The summed E-state index contributed by atoms with van der Waals surface area (Å²) in [6.07, 6.45) is 1.71. The summed E-state index contributed by atoms with van der Waals surface area (Å²) in [6.45, 7) is 6.65. The first-order chi connectivity index (χ1) is 12.8. The molecule has 1 aliphatic heterocycles. The molecule has 2 N–H and O–H groups in total. The summed E-state index contributed by atoms with van der Waals surface area (Å²) < 4.78 is 34.4. The van der Waals surface area contributed by atoms with E-state index in [2.05, 4.69) is 10.6 Å². The van der Waals surface area contributed by atoms with Gasteiger partial charge >= 0.3 is 0 Å². The zero-order valence-electron chi connectivity index (χ0n) is 16.7. The van der Waals surface area contributed by atoms with Crippen molar-refractivity contribution in [1.29, 1.82) is 0 Å². The molecule has 0 spiro atoms. The zero-order valence-corrected chi connectivity index (χ0v) is 18.4. The molecule has 2 rings (SSSR count). The molecule has 1 amide bonds. The van der Waals surface area contributed by atoms with E-state index in [4.69, 9.17) is 9.47 Å². The molecule has 0 aliphatic carbocycles. The van der Waals surface area contributed by atoms with Crippen LogP contribution >= 0.6 is 12.4 Å². The Bertz CT molecular complexity index is 749. The van der Waals surface area contributed by atoms with Gasteiger partial charge in [0.15, 0.2) is 14.6 Å². The Balaban J connectivity index is 0.00000392. The minimum atomic E-state index is -3.53. The number of aryl methyl sites for hydroxylation is 1. The summed E-state index contributed by atoms with van der Waals surface area (Å²) in [5, 5.41) is 5.93. The van der Waals surface area contributed by atoms with Crippen molar-refractivity contribution in [1.82, 2.24) is 10.6 Å². The van der Waals surface area contributed by atoms with Gasteiger partial charge in [0.2, 0.25) is 5.91 Å². The van der Waals surface area contributed by atoms with Crippen LogP contribution in [0.15, 0.2) is 18.2 Å². The standard InChI is InChI=1S/C19H30N2O5S.ClH/c1-4-25-11-12-26-17-13-15(2)5-6-16(17)14-21-18(22)19(27(3,23)24)7-9-20-10-8-19;/h5-6,13,20H,4,7-12,14H2,1-3H3,(H,21,22);1H. The predicted octanol–water partition coefficient (Wildman–Crippen LogP) is 1.62. The molecule has 9 heteroatoms. The first-order valence-corrected chi connectivity index (χ1v) is 11.2. The molecule has 7 nitrogen and oxygen atoms in total. The lowest BCUT2D eigenvalue weighted by atomic mass is 9.95. The second-order valence-electron chi connectivity index (χ2n) is 6.86. The third kappa shape index (κ3) is 6.07. The van der Waals surface area contributed by atoms with Gasteiger partial charge in [0.1, 0.15) is 12.4 Å². The van der Waals surface area contributed by atoms with E-state index in [0.717, 1.165) is 17.4 Å². The van der Waals surface area contributed by atoms with Crippen molar-refractivity contribution >= 4 is 28.2 Å². The molecule has 1 fully saturated rings. The van der Waals surface area contributed by atoms with E-state index in [9.17, 15) is 13.2 Å². The fourth-order valence-corrected chi connectivity index (χ4v) is 4.59. The molecular weight excluding hydrogens is 404 g/mol. The quantitative estimate of drug-likeness (QED) is 0.573. The second kappa shape index (κ2) is 11.0. The Hall–Kier alpha value is -1.35. The van der Waals surface area contributed by atoms with Gasteiger partial charge < -0.3 is 20.1 Å². The highest BCUT2D eigenvalue weighted by atomic mass is 35.5. The van der Waals surface area contributed by atoms with Gasteiger partial charge in [-0.15, -0.1) is 12.4 Å². The zero-order chi connectivity index (χ0) is 19.9. The van der Waals surface area contributed by atoms with Crippen molar-refractivity contribution in [2.75, 3.05) is 39.2 Å². The van der Waals surface area contributed by atoms with E-state index in [1.165, 1.54) is 0 Å². The highest BCUT2D eigenvalue weighted by Crippen LogP contribution is 2.28. The average molecular weight is 435 g/mol. The van der Waals surface area contributed by atoms with Crippen LogP contribution in [0.3, 0.4) is 0 Å². The molecule has 28 heavy (non-hydrogen) atoms. The number of sulfone groups is 1. The monoisotopic (exact) mass is 434 g/mol. The second-order valence-corrected chi connectivity index (χ2v) is 9.18. The normalized spacial score (nSPS) is 16.1. The Labute approximate surface area is 173 Å². The number of benzene rings is 1. The Morgan fingerprint density at radius 2 is 1.93 bits per heavy atom. The molecule has 0 aromatic heterocycles. The number of rotatable bonds is 9. The van der Waals surface area contributed by atoms with Gasteiger partial charge in [-0.05, 0) is 51.4 Å². The van der Waals surface area contributed by atoms with Crippen molar-refractivity contribution in [2.45, 2.75) is 38.0 Å². The van der Waals surface area contributed by atoms with Crippen molar-refractivity contribution in [3.05, 3.63) is 29.3 Å². The number of hydrogen-bond acceptors (Lipinski definition) is 6. The number of nitrogens with one attached hydrogen (secondary N) is 2. The van der Waals surface area contributed by atoms with Crippen LogP contribution in [-0.4, -0.2) is 58.2 Å². The maximum absolute atomic E-state index is 12.8. The number of carbonyl (C=O) groups is 1. The molecule has 1 aliphatic rings. The Morgan fingerprint density at radius 3 is 2.54 bits per heavy atom. The van der Waals surface area contributed by atoms with E-state index in [1.54, 1.807) is 0 Å². The lowest BCUT2D eigenvalue weighted by molar-refractivity contribution is -0.124. The molecule has 1 saturated heterocycles. The van der Waals surface area contributed by atoms with E-state index >= 15 is 0 Å². The first kappa shape index (κ1) is 24.7. The molecule has 0 radical (unpaired) electrons. The van der Waals surface area contributed by atoms with Gasteiger partial charge in [-0.2, -0.15) is 0 Å². The fraction of sp³-hybridized carbons (Fsp3) is 0.632. The van der Waals surface area contributed by atoms with Gasteiger partial charge in [0.05, 0.1) is 6.61 Å². The molecule has 1 aromatic rings. The molecule has 0 unspecified atom stereocenters. The number of ether oxygens (including phenoxy) is 2. The number of hydrogen-bond donors (Lipinski definition) is 2. The minimum Gasteiger partial charge on any atom is -0.491 e. The third-order valence-electron chi connectivity index (χ3n) is 4.89. The van der Waals surface area contributed by atoms with Crippen LogP contribution in [0.1, 0.15) is 30.9 Å². The van der Waals surface area contributed by atoms with E-state index in [-0.39, 0.29) is 31.8 Å². The molecule has 0 bridgehead atoms. The highest BCUT2D eigenvalue weighted by Gasteiger charge is 2.48. The van der Waals surface area contributed by atoms with Crippen molar-refractivity contribution in [2.24, 2.45) is 0 Å². The number of amides is 1. The summed E-state index contributed by atoms with van der Waals surface area (Å²) in [7, 11) is -3.53. The van der Waals surface area contributed by atoms with Crippen LogP contribution in [0, 0.1) is 6.92 Å². The smallest absolute Gasteiger partial charge is 0.241 e.